The molecule has 2 N–H and O–H groups in total. The molecule has 0 fully saturated rings. The van der Waals surface area contributed by atoms with E-state index >= 15 is 0 Å². The number of likely N-dealkylation sites (N-methyl/N-ethyl adjacent to an activating group) is 1. The fraction of sp³-hybridized carbons (Fsp3) is 0.400. The minimum atomic E-state index is -0.289. The lowest BCUT2D eigenvalue weighted by Gasteiger charge is -2.28. The maximum atomic E-state index is 12.4. The Morgan fingerprint density at radius 3 is 2.48 bits per heavy atom. The number of hydrogen-bond acceptors (Lipinski definition) is 5. The van der Waals surface area contributed by atoms with Crippen LogP contribution in [-0.2, 0) is 4.79 Å². The van der Waals surface area contributed by atoms with Crippen molar-refractivity contribution in [2.24, 2.45) is 5.41 Å². The van der Waals surface area contributed by atoms with Crippen molar-refractivity contribution in [2.45, 2.75) is 26.8 Å². The highest BCUT2D eigenvalue weighted by atomic mass is 32.1. The fourth-order valence-electron chi connectivity index (χ4n) is 2.20. The number of nitrogens with one attached hydrogen (secondary N) is 2. The van der Waals surface area contributed by atoms with Crippen molar-refractivity contribution in [3.63, 3.8) is 0 Å². The average Bonchev–Trinajstić information content (AvgIpc) is 2.87. The number of benzene rings is 1. The van der Waals surface area contributed by atoms with Crippen LogP contribution in [0.3, 0.4) is 0 Å². The SMILES string of the molecule is CN[C@H](C(=O)Nc1snnc1-c1ccccc1)C(C)(C)C. The normalized spacial score (nSPS) is 13.0. The molecular weight excluding hydrogens is 284 g/mol. The largest absolute Gasteiger partial charge is 0.313 e. The summed E-state index contributed by atoms with van der Waals surface area (Å²) in [4.78, 5) is 12.4. The van der Waals surface area contributed by atoms with Crippen LogP contribution in [0.15, 0.2) is 30.3 Å². The van der Waals surface area contributed by atoms with E-state index in [1.165, 1.54) is 11.5 Å². The summed E-state index contributed by atoms with van der Waals surface area (Å²) in [5.74, 6) is -0.0757. The molecule has 0 saturated carbocycles. The molecule has 2 aromatic rings. The minimum Gasteiger partial charge on any atom is -0.313 e. The molecule has 0 aliphatic rings. The van der Waals surface area contributed by atoms with Crippen LogP contribution in [0.25, 0.3) is 11.3 Å². The summed E-state index contributed by atoms with van der Waals surface area (Å²) in [5.41, 5.74) is 1.47. The fourth-order valence-corrected chi connectivity index (χ4v) is 2.79. The van der Waals surface area contributed by atoms with Gasteiger partial charge in [-0.05, 0) is 12.5 Å². The number of aromatic nitrogens is 2. The lowest BCUT2D eigenvalue weighted by atomic mass is 9.86. The van der Waals surface area contributed by atoms with Gasteiger partial charge in [-0.2, -0.15) is 0 Å². The lowest BCUT2D eigenvalue weighted by molar-refractivity contribution is -0.120. The van der Waals surface area contributed by atoms with Gasteiger partial charge in [0.15, 0.2) is 0 Å². The smallest absolute Gasteiger partial charge is 0.242 e. The Morgan fingerprint density at radius 2 is 1.90 bits per heavy atom. The minimum absolute atomic E-state index is 0.0757. The summed E-state index contributed by atoms with van der Waals surface area (Å²) in [5, 5.41) is 10.8. The Kier molecular flexibility index (Phi) is 4.69. The summed E-state index contributed by atoms with van der Waals surface area (Å²) in [6, 6.07) is 9.43. The predicted octanol–water partition coefficient (Wildman–Crippen LogP) is 2.78. The molecular formula is C15H20N4OS. The van der Waals surface area contributed by atoms with Gasteiger partial charge in [0.05, 0.1) is 6.04 Å². The molecule has 0 radical (unpaired) electrons. The van der Waals surface area contributed by atoms with Gasteiger partial charge in [-0.1, -0.05) is 55.6 Å². The summed E-state index contributed by atoms with van der Waals surface area (Å²) >= 11 is 1.19. The van der Waals surface area contributed by atoms with Crippen LogP contribution < -0.4 is 10.6 Å². The molecule has 1 aromatic heterocycles. The number of hydrogen-bond donors (Lipinski definition) is 2. The molecule has 1 amide bonds. The zero-order chi connectivity index (χ0) is 15.5. The Labute approximate surface area is 128 Å². The van der Waals surface area contributed by atoms with E-state index in [9.17, 15) is 4.79 Å². The Morgan fingerprint density at radius 1 is 1.24 bits per heavy atom. The van der Waals surface area contributed by atoms with E-state index in [2.05, 4.69) is 20.2 Å². The Hall–Kier alpha value is -1.79. The molecule has 21 heavy (non-hydrogen) atoms. The molecule has 5 nitrogen and oxygen atoms in total. The Bertz CT molecular complexity index is 604. The highest BCUT2D eigenvalue weighted by Crippen LogP contribution is 2.29. The summed E-state index contributed by atoms with van der Waals surface area (Å²) in [6.45, 7) is 6.07. The molecule has 1 heterocycles. The van der Waals surface area contributed by atoms with E-state index in [-0.39, 0.29) is 17.4 Å². The highest BCUT2D eigenvalue weighted by Gasteiger charge is 2.30. The average molecular weight is 304 g/mol. The van der Waals surface area contributed by atoms with E-state index in [1.807, 2.05) is 51.1 Å². The van der Waals surface area contributed by atoms with E-state index < -0.39 is 0 Å². The summed E-state index contributed by atoms with van der Waals surface area (Å²) in [7, 11) is 1.79. The first-order valence-electron chi connectivity index (χ1n) is 6.79. The third-order valence-electron chi connectivity index (χ3n) is 3.19. The van der Waals surface area contributed by atoms with Crippen molar-refractivity contribution in [1.82, 2.24) is 14.9 Å². The molecule has 6 heteroatoms. The van der Waals surface area contributed by atoms with Gasteiger partial charge in [0.25, 0.3) is 0 Å². The second kappa shape index (κ2) is 6.32. The van der Waals surface area contributed by atoms with E-state index in [0.29, 0.717) is 10.7 Å². The first-order valence-corrected chi connectivity index (χ1v) is 7.56. The molecule has 112 valence electrons. The van der Waals surface area contributed by atoms with Gasteiger partial charge in [-0.3, -0.25) is 4.79 Å². The molecule has 0 aliphatic heterocycles. The second-order valence-electron chi connectivity index (χ2n) is 5.89. The van der Waals surface area contributed by atoms with Gasteiger partial charge < -0.3 is 10.6 Å². The second-order valence-corrected chi connectivity index (χ2v) is 6.65. The van der Waals surface area contributed by atoms with E-state index in [4.69, 9.17) is 0 Å². The van der Waals surface area contributed by atoms with Crippen LogP contribution in [-0.4, -0.2) is 28.6 Å². The number of nitrogens with zero attached hydrogens (tertiary/aromatic N) is 2. The molecule has 0 bridgehead atoms. The van der Waals surface area contributed by atoms with E-state index in [1.54, 1.807) is 7.05 Å². The molecule has 0 saturated heterocycles. The van der Waals surface area contributed by atoms with Gasteiger partial charge in [-0.15, -0.1) is 5.10 Å². The monoisotopic (exact) mass is 304 g/mol. The topological polar surface area (TPSA) is 66.9 Å². The van der Waals surface area contributed by atoms with Crippen molar-refractivity contribution in [1.29, 1.82) is 0 Å². The highest BCUT2D eigenvalue weighted by molar-refractivity contribution is 7.10. The van der Waals surface area contributed by atoms with Crippen LogP contribution in [0, 0.1) is 5.41 Å². The zero-order valence-electron chi connectivity index (χ0n) is 12.7. The Balaban J connectivity index is 2.22. The van der Waals surface area contributed by atoms with Crippen molar-refractivity contribution in [2.75, 3.05) is 12.4 Å². The standard InChI is InChI=1S/C15H20N4OS/c1-15(2,3)12(16-4)13(20)17-14-11(18-19-21-14)10-8-6-5-7-9-10/h5-9,12,16H,1-4H3,(H,17,20)/t12-/m1/s1. The maximum absolute atomic E-state index is 12.4. The van der Waals surface area contributed by atoms with E-state index in [0.717, 1.165) is 5.56 Å². The summed E-state index contributed by atoms with van der Waals surface area (Å²) in [6.07, 6.45) is 0. The number of carbonyl (C=O) groups is 1. The third kappa shape index (κ3) is 3.65. The number of anilines is 1. The van der Waals surface area contributed by atoms with Crippen LogP contribution >= 0.6 is 11.5 Å². The van der Waals surface area contributed by atoms with Gasteiger partial charge in [0.2, 0.25) is 5.91 Å². The van der Waals surface area contributed by atoms with Crippen molar-refractivity contribution >= 4 is 22.4 Å². The zero-order valence-corrected chi connectivity index (χ0v) is 13.5. The number of carbonyl (C=O) groups excluding carboxylic acids is 1. The van der Waals surface area contributed by atoms with Gasteiger partial charge in [0.1, 0.15) is 10.7 Å². The first-order chi connectivity index (χ1) is 9.93. The third-order valence-corrected chi connectivity index (χ3v) is 3.83. The van der Waals surface area contributed by atoms with Gasteiger partial charge in [-0.25, -0.2) is 0 Å². The van der Waals surface area contributed by atoms with Crippen LogP contribution in [0.2, 0.25) is 0 Å². The molecule has 0 spiro atoms. The maximum Gasteiger partial charge on any atom is 0.242 e. The van der Waals surface area contributed by atoms with Gasteiger partial charge >= 0.3 is 0 Å². The number of rotatable bonds is 4. The molecule has 2 rings (SSSR count). The van der Waals surface area contributed by atoms with Crippen molar-refractivity contribution in [3.8, 4) is 11.3 Å². The lowest BCUT2D eigenvalue weighted by Crippen LogP contribution is -2.47. The van der Waals surface area contributed by atoms with Gasteiger partial charge in [0, 0.05) is 17.1 Å². The number of amides is 1. The molecule has 0 aliphatic carbocycles. The quantitative estimate of drug-likeness (QED) is 0.911. The molecule has 1 aromatic carbocycles. The van der Waals surface area contributed by atoms with Crippen molar-refractivity contribution in [3.05, 3.63) is 30.3 Å². The molecule has 1 atom stereocenters. The van der Waals surface area contributed by atoms with Crippen LogP contribution in [0.1, 0.15) is 20.8 Å². The first kappa shape index (κ1) is 15.6. The van der Waals surface area contributed by atoms with Crippen LogP contribution in [0.5, 0.6) is 0 Å². The van der Waals surface area contributed by atoms with Crippen LogP contribution in [0.4, 0.5) is 5.00 Å². The summed E-state index contributed by atoms with van der Waals surface area (Å²) < 4.78 is 3.96. The molecule has 0 unspecified atom stereocenters. The predicted molar refractivity (Wildman–Crippen MR) is 86.3 cm³/mol. The van der Waals surface area contributed by atoms with Crippen molar-refractivity contribution < 1.29 is 4.79 Å².